The molecule has 48 heavy (non-hydrogen) atoms. The minimum atomic E-state index is -4.82. The first-order valence-electron chi connectivity index (χ1n) is 13.1. The molecule has 2 heterocycles. The van der Waals surface area contributed by atoms with E-state index < -0.39 is 41.6 Å². The van der Waals surface area contributed by atoms with Gasteiger partial charge in [-0.15, -0.1) is 13.2 Å². The lowest BCUT2D eigenvalue weighted by molar-refractivity contribution is -0.274. The molecule has 6 rings (SSSR count). The summed E-state index contributed by atoms with van der Waals surface area (Å²) < 4.78 is 105. The number of fused-ring (bicyclic) bond motifs is 2. The fraction of sp³-hybridized carbons (Fsp3) is 0.0968. The van der Waals surface area contributed by atoms with Crippen LogP contribution in [0.5, 0.6) is 11.5 Å². The van der Waals surface area contributed by atoms with Crippen molar-refractivity contribution in [2.24, 2.45) is 0 Å². The molecule has 0 aliphatic rings. The van der Waals surface area contributed by atoms with Crippen LogP contribution >= 0.6 is 23.2 Å². The lowest BCUT2D eigenvalue weighted by Crippen LogP contribution is -2.33. The minimum Gasteiger partial charge on any atom is -0.428 e. The van der Waals surface area contributed by atoms with Crippen LogP contribution < -0.4 is 20.7 Å². The molecule has 0 unspecified atom stereocenters. The largest absolute Gasteiger partial charge is 0.573 e. The van der Waals surface area contributed by atoms with Crippen molar-refractivity contribution in [1.82, 2.24) is 9.97 Å². The van der Waals surface area contributed by atoms with Gasteiger partial charge < -0.3 is 18.3 Å². The van der Waals surface area contributed by atoms with Gasteiger partial charge >= 0.3 is 30.1 Å². The summed E-state index contributed by atoms with van der Waals surface area (Å²) in [6.45, 7) is 0. The lowest BCUT2D eigenvalue weighted by Gasteiger charge is -2.17. The van der Waals surface area contributed by atoms with E-state index in [2.05, 4.69) is 19.4 Å². The highest BCUT2D eigenvalue weighted by Gasteiger charge is 2.44. The number of rotatable bonds is 6. The van der Waals surface area contributed by atoms with Gasteiger partial charge in [-0.3, -0.25) is 0 Å². The second kappa shape index (κ2) is 13.5. The molecule has 6 aromatic rings. The molecule has 0 fully saturated rings. The second-order valence-electron chi connectivity index (χ2n) is 9.45. The predicted molar refractivity (Wildman–Crippen MR) is 160 cm³/mol. The molecule has 0 atom stereocenters. The van der Waals surface area contributed by atoms with Crippen LogP contribution in [-0.4, -0.2) is 28.9 Å². The standard InChI is InChI=1S/C16H8ClF4NO3.C15H7ClF3NO3/c17-10-5-2-6-11-12(10)14(23)24-13(22-11)8-3-1-4-9(7-8)25-16(20,21)15(18)19;16-10-5-2-6-11-12(10)14(21)22-13(20-11)8-3-1-4-9(7-8)23-15(17,18)19/h1-7,15H;1-7H. The molecule has 0 aliphatic heterocycles. The van der Waals surface area contributed by atoms with Gasteiger partial charge in [0, 0.05) is 11.1 Å². The Balaban J connectivity index is 0.000000188. The van der Waals surface area contributed by atoms with Gasteiger partial charge in [0.2, 0.25) is 11.8 Å². The smallest absolute Gasteiger partial charge is 0.428 e. The maximum absolute atomic E-state index is 13.0. The molecule has 248 valence electrons. The fourth-order valence-electron chi connectivity index (χ4n) is 4.13. The maximum Gasteiger partial charge on any atom is 0.573 e. The van der Waals surface area contributed by atoms with Crippen LogP contribution in [0.2, 0.25) is 10.0 Å². The van der Waals surface area contributed by atoms with Crippen molar-refractivity contribution in [2.45, 2.75) is 18.9 Å². The van der Waals surface area contributed by atoms with Gasteiger partial charge in [-0.1, -0.05) is 47.5 Å². The van der Waals surface area contributed by atoms with Crippen molar-refractivity contribution in [3.63, 3.8) is 0 Å². The van der Waals surface area contributed by atoms with E-state index in [4.69, 9.17) is 32.0 Å². The summed E-state index contributed by atoms with van der Waals surface area (Å²) in [6.07, 6.45) is -13.5. The summed E-state index contributed by atoms with van der Waals surface area (Å²) in [6, 6.07) is 19.0. The Morgan fingerprint density at radius 3 is 1.46 bits per heavy atom. The van der Waals surface area contributed by atoms with Gasteiger partial charge in [0.05, 0.1) is 21.1 Å². The first-order chi connectivity index (χ1) is 22.6. The van der Waals surface area contributed by atoms with Crippen molar-refractivity contribution >= 4 is 45.0 Å². The number of hydrogen-bond acceptors (Lipinski definition) is 8. The molecule has 2 aromatic heterocycles. The highest BCUT2D eigenvalue weighted by molar-refractivity contribution is 6.35. The highest BCUT2D eigenvalue weighted by atomic mass is 35.5. The third-order valence-electron chi connectivity index (χ3n) is 6.12. The van der Waals surface area contributed by atoms with Gasteiger partial charge in [-0.25, -0.2) is 19.6 Å². The zero-order chi connectivity index (χ0) is 34.8. The molecule has 4 aromatic carbocycles. The van der Waals surface area contributed by atoms with E-state index in [1.54, 1.807) is 18.2 Å². The Hall–Kier alpha value is -5.15. The third-order valence-corrected chi connectivity index (χ3v) is 6.75. The molecule has 0 aliphatic carbocycles. The molecule has 0 amide bonds. The third kappa shape index (κ3) is 7.86. The molecule has 0 spiro atoms. The van der Waals surface area contributed by atoms with Crippen LogP contribution in [0.15, 0.2) is 103 Å². The maximum atomic E-state index is 13.0. The average molecular weight is 715 g/mol. The van der Waals surface area contributed by atoms with Crippen LogP contribution in [0.25, 0.3) is 44.7 Å². The first kappa shape index (κ1) is 34.2. The zero-order valence-electron chi connectivity index (χ0n) is 23.4. The van der Waals surface area contributed by atoms with Crippen LogP contribution in [0.1, 0.15) is 0 Å². The van der Waals surface area contributed by atoms with Crippen LogP contribution in [0, 0.1) is 0 Å². The Morgan fingerprint density at radius 1 is 0.625 bits per heavy atom. The van der Waals surface area contributed by atoms with Crippen LogP contribution in [-0.2, 0) is 0 Å². The summed E-state index contributed by atoms with van der Waals surface area (Å²) in [5.74, 6) is -1.29. The molecular formula is C31H15Cl2F7N2O6. The number of nitrogens with zero attached hydrogens (tertiary/aromatic N) is 2. The van der Waals surface area contributed by atoms with Gasteiger partial charge in [0.1, 0.15) is 22.3 Å². The van der Waals surface area contributed by atoms with E-state index in [0.29, 0.717) is 0 Å². The summed E-state index contributed by atoms with van der Waals surface area (Å²) in [5.41, 5.74) is -0.700. The lowest BCUT2D eigenvalue weighted by atomic mass is 10.2. The van der Waals surface area contributed by atoms with Crippen molar-refractivity contribution in [2.75, 3.05) is 0 Å². The first-order valence-corrected chi connectivity index (χ1v) is 13.9. The van der Waals surface area contributed by atoms with Crippen molar-refractivity contribution in [1.29, 1.82) is 0 Å². The quantitative estimate of drug-likeness (QED) is 0.157. The second-order valence-corrected chi connectivity index (χ2v) is 10.3. The average Bonchev–Trinajstić information content (AvgIpc) is 3.00. The van der Waals surface area contributed by atoms with E-state index >= 15 is 0 Å². The highest BCUT2D eigenvalue weighted by Crippen LogP contribution is 2.31. The molecule has 0 N–H and O–H groups in total. The zero-order valence-corrected chi connectivity index (χ0v) is 24.9. The molecule has 0 saturated carbocycles. The molecule has 0 radical (unpaired) electrons. The van der Waals surface area contributed by atoms with Crippen LogP contribution in [0.4, 0.5) is 30.7 Å². The number of hydrogen-bond donors (Lipinski definition) is 0. The normalized spacial score (nSPS) is 11.8. The Labute approximate surface area is 272 Å². The van der Waals surface area contributed by atoms with E-state index in [-0.39, 0.29) is 54.8 Å². The molecule has 0 saturated heterocycles. The molecule has 0 bridgehead atoms. The number of benzene rings is 4. The van der Waals surface area contributed by atoms with Crippen molar-refractivity contribution < 1.29 is 49.0 Å². The molecule has 17 heteroatoms. The summed E-state index contributed by atoms with van der Waals surface area (Å²) in [7, 11) is 0. The van der Waals surface area contributed by atoms with E-state index in [9.17, 15) is 40.3 Å². The van der Waals surface area contributed by atoms with Gasteiger partial charge in [0.15, 0.2) is 0 Å². The van der Waals surface area contributed by atoms with E-state index in [1.165, 1.54) is 42.5 Å². The van der Waals surface area contributed by atoms with Gasteiger partial charge in [0.25, 0.3) is 0 Å². The summed E-state index contributed by atoms with van der Waals surface area (Å²) >= 11 is 11.8. The number of alkyl halides is 7. The Bertz CT molecular complexity index is 2240. The number of aromatic nitrogens is 2. The summed E-state index contributed by atoms with van der Waals surface area (Å²) in [5, 5.41) is 0.522. The molecular weight excluding hydrogens is 700 g/mol. The summed E-state index contributed by atoms with van der Waals surface area (Å²) in [4.78, 5) is 32.3. The van der Waals surface area contributed by atoms with E-state index in [0.717, 1.165) is 24.3 Å². The van der Waals surface area contributed by atoms with Crippen molar-refractivity contribution in [3.8, 4) is 34.4 Å². The monoisotopic (exact) mass is 714 g/mol. The minimum absolute atomic E-state index is 0.0737. The number of halogens is 9. The topological polar surface area (TPSA) is 105 Å². The molecule has 8 nitrogen and oxygen atoms in total. The predicted octanol–water partition coefficient (Wildman–Crippen LogP) is 9.15. The van der Waals surface area contributed by atoms with Crippen molar-refractivity contribution in [3.05, 3.63) is 116 Å². The van der Waals surface area contributed by atoms with E-state index in [1.807, 2.05) is 0 Å². The Kier molecular flexibility index (Phi) is 9.64. The Morgan fingerprint density at radius 2 is 1.04 bits per heavy atom. The fourth-order valence-corrected chi connectivity index (χ4v) is 4.62. The van der Waals surface area contributed by atoms with Crippen LogP contribution in [0.3, 0.4) is 0 Å². The SMILES string of the molecule is O=c1oc(-c2cccc(OC(F)(F)C(F)F)c2)nc2cccc(Cl)c12.O=c1oc(-c2cccc(OC(F)(F)F)c2)nc2cccc(Cl)c12. The number of ether oxygens (including phenoxy) is 2. The van der Waals surface area contributed by atoms with Gasteiger partial charge in [-0.2, -0.15) is 17.6 Å². The van der Waals surface area contributed by atoms with Gasteiger partial charge in [-0.05, 0) is 60.7 Å².